The van der Waals surface area contributed by atoms with Crippen molar-refractivity contribution in [1.82, 2.24) is 0 Å². The normalized spacial score (nSPS) is 14.8. The predicted octanol–water partition coefficient (Wildman–Crippen LogP) is 0.104. The lowest BCUT2D eigenvalue weighted by Crippen LogP contribution is -2.01. The van der Waals surface area contributed by atoms with E-state index in [0.29, 0.717) is 10.9 Å². The lowest BCUT2D eigenvalue weighted by atomic mass is 10.7. The van der Waals surface area contributed by atoms with Gasteiger partial charge in [-0.2, -0.15) is 10.3 Å². The highest BCUT2D eigenvalue weighted by molar-refractivity contribution is 8.14. The molecule has 1 rings (SSSR count). The fourth-order valence-corrected chi connectivity index (χ4v) is 0.825. The third-order valence-corrected chi connectivity index (χ3v) is 1.36. The van der Waals surface area contributed by atoms with Gasteiger partial charge in [0.05, 0.1) is 11.8 Å². The molecule has 0 aromatic rings. The summed E-state index contributed by atoms with van der Waals surface area (Å²) in [6, 6.07) is 1.75. The molecule has 54 valence electrons. The van der Waals surface area contributed by atoms with E-state index in [1.54, 1.807) is 6.07 Å². The van der Waals surface area contributed by atoms with Crippen molar-refractivity contribution >= 4 is 22.8 Å². The first-order valence-corrected chi connectivity index (χ1v) is 3.50. The van der Waals surface area contributed by atoms with Gasteiger partial charge in [-0.3, -0.25) is 4.79 Å². The largest absolute Gasteiger partial charge is 0.378 e. The smallest absolute Gasteiger partial charge is 0.258 e. The zero-order valence-corrected chi connectivity index (χ0v) is 6.31. The molecule has 0 bridgehead atoms. The topological polar surface area (TPSA) is 79.2 Å². The van der Waals surface area contributed by atoms with Crippen LogP contribution in [0.15, 0.2) is 4.99 Å². The van der Waals surface area contributed by atoms with Crippen LogP contribution in [0.4, 0.5) is 0 Å². The maximum absolute atomic E-state index is 10.2. The SMILES string of the molecule is CC#N.NC1=NC(=O)CS1. The molecule has 1 amide bonds. The molecule has 0 fully saturated rings. The van der Waals surface area contributed by atoms with Gasteiger partial charge in [0.15, 0.2) is 5.17 Å². The predicted molar refractivity (Wildman–Crippen MR) is 40.4 cm³/mol. The summed E-state index contributed by atoms with van der Waals surface area (Å²) < 4.78 is 0. The number of thioether (sulfide) groups is 1. The molecule has 1 heterocycles. The van der Waals surface area contributed by atoms with E-state index in [2.05, 4.69) is 4.99 Å². The summed E-state index contributed by atoms with van der Waals surface area (Å²) in [5.74, 6) is 0.300. The van der Waals surface area contributed by atoms with Crippen molar-refractivity contribution in [2.24, 2.45) is 10.7 Å². The highest BCUT2D eigenvalue weighted by atomic mass is 32.2. The van der Waals surface area contributed by atoms with Gasteiger partial charge >= 0.3 is 0 Å². The van der Waals surface area contributed by atoms with Crippen LogP contribution in [-0.4, -0.2) is 16.8 Å². The zero-order chi connectivity index (χ0) is 7.98. The van der Waals surface area contributed by atoms with E-state index < -0.39 is 0 Å². The van der Waals surface area contributed by atoms with Gasteiger partial charge in [-0.05, 0) is 0 Å². The number of amidine groups is 1. The van der Waals surface area contributed by atoms with E-state index in [-0.39, 0.29) is 5.91 Å². The summed E-state index contributed by atoms with van der Waals surface area (Å²) in [6.07, 6.45) is 0. The van der Waals surface area contributed by atoms with Crippen molar-refractivity contribution < 1.29 is 4.79 Å². The Morgan fingerprint density at radius 3 is 2.50 bits per heavy atom. The Labute approximate surface area is 63.1 Å². The van der Waals surface area contributed by atoms with Crippen molar-refractivity contribution in [3.63, 3.8) is 0 Å². The Balaban J connectivity index is 0.000000236. The minimum Gasteiger partial charge on any atom is -0.378 e. The molecule has 0 radical (unpaired) electrons. The number of nitriles is 1. The second-order valence-electron chi connectivity index (χ2n) is 1.36. The quantitative estimate of drug-likeness (QED) is 0.541. The molecule has 1 aliphatic rings. The van der Waals surface area contributed by atoms with Crippen molar-refractivity contribution in [1.29, 1.82) is 5.26 Å². The third kappa shape index (κ3) is 3.92. The van der Waals surface area contributed by atoms with Crippen LogP contribution < -0.4 is 5.73 Å². The minimum absolute atomic E-state index is 0.123. The third-order valence-electron chi connectivity index (χ3n) is 0.578. The molecule has 0 spiro atoms. The van der Waals surface area contributed by atoms with E-state index in [1.165, 1.54) is 18.7 Å². The van der Waals surface area contributed by atoms with E-state index in [9.17, 15) is 4.79 Å². The zero-order valence-electron chi connectivity index (χ0n) is 5.50. The van der Waals surface area contributed by atoms with Gasteiger partial charge in [0, 0.05) is 6.92 Å². The van der Waals surface area contributed by atoms with Crippen LogP contribution >= 0.6 is 11.8 Å². The summed E-state index contributed by atoms with van der Waals surface area (Å²) >= 11 is 1.28. The van der Waals surface area contributed by atoms with Crippen LogP contribution in [0, 0.1) is 11.3 Å². The number of rotatable bonds is 0. The average Bonchev–Trinajstić information content (AvgIpc) is 2.17. The Morgan fingerprint density at radius 1 is 1.90 bits per heavy atom. The van der Waals surface area contributed by atoms with Crippen molar-refractivity contribution in [3.05, 3.63) is 0 Å². The number of nitrogens with two attached hydrogens (primary N) is 1. The molecular formula is C5H7N3OS. The Bertz CT molecular complexity index is 194. The van der Waals surface area contributed by atoms with Gasteiger partial charge in [-0.25, -0.2) is 0 Å². The number of hydrogen-bond acceptors (Lipinski definition) is 4. The lowest BCUT2D eigenvalue weighted by molar-refractivity contribution is -0.115. The van der Waals surface area contributed by atoms with Gasteiger partial charge in [-0.15, -0.1) is 0 Å². The van der Waals surface area contributed by atoms with Crippen LogP contribution in [-0.2, 0) is 4.79 Å². The molecule has 0 saturated heterocycles. The summed E-state index contributed by atoms with van der Waals surface area (Å²) in [7, 11) is 0. The van der Waals surface area contributed by atoms with Gasteiger partial charge in [0.1, 0.15) is 0 Å². The number of nitrogens with zero attached hydrogens (tertiary/aromatic N) is 2. The maximum Gasteiger partial charge on any atom is 0.258 e. The van der Waals surface area contributed by atoms with E-state index in [4.69, 9.17) is 11.0 Å². The van der Waals surface area contributed by atoms with Crippen LogP contribution in [0.5, 0.6) is 0 Å². The molecule has 5 heteroatoms. The first kappa shape index (κ1) is 8.98. The Morgan fingerprint density at radius 2 is 2.40 bits per heavy atom. The Kier molecular flexibility index (Phi) is 4.33. The molecule has 0 atom stereocenters. The number of carbonyl (C=O) groups is 1. The van der Waals surface area contributed by atoms with Crippen LogP contribution in [0.25, 0.3) is 0 Å². The monoisotopic (exact) mass is 157 g/mol. The van der Waals surface area contributed by atoms with Crippen molar-refractivity contribution in [2.75, 3.05) is 5.75 Å². The van der Waals surface area contributed by atoms with Crippen molar-refractivity contribution in [2.45, 2.75) is 6.92 Å². The number of hydrogen-bond donors (Lipinski definition) is 1. The molecule has 10 heavy (non-hydrogen) atoms. The van der Waals surface area contributed by atoms with Gasteiger partial charge < -0.3 is 5.73 Å². The second kappa shape index (κ2) is 4.82. The molecule has 4 nitrogen and oxygen atoms in total. The number of aliphatic imine (C=N–C) groups is 1. The van der Waals surface area contributed by atoms with E-state index >= 15 is 0 Å². The van der Waals surface area contributed by atoms with Gasteiger partial charge in [0.2, 0.25) is 0 Å². The standard InChI is InChI=1S/C3H4N2OS.C2H3N/c4-3-5-2(6)1-7-3;1-2-3/h1H2,(H2,4,5,6);1H3. The average molecular weight is 157 g/mol. The van der Waals surface area contributed by atoms with E-state index in [1.807, 2.05) is 0 Å². The summed E-state index contributed by atoms with van der Waals surface area (Å²) in [4.78, 5) is 13.6. The molecule has 1 aliphatic heterocycles. The van der Waals surface area contributed by atoms with Crippen LogP contribution in [0.3, 0.4) is 0 Å². The minimum atomic E-state index is -0.123. The maximum atomic E-state index is 10.2. The highest BCUT2D eigenvalue weighted by Gasteiger charge is 2.09. The first-order chi connectivity index (χ1) is 4.70. The van der Waals surface area contributed by atoms with Crippen LogP contribution in [0.2, 0.25) is 0 Å². The molecule has 2 N–H and O–H groups in total. The first-order valence-electron chi connectivity index (χ1n) is 2.51. The van der Waals surface area contributed by atoms with Gasteiger partial charge in [-0.1, -0.05) is 11.8 Å². The summed E-state index contributed by atoms with van der Waals surface area (Å²) in [5, 5.41) is 7.71. The molecular weight excluding hydrogens is 150 g/mol. The second-order valence-corrected chi connectivity index (χ2v) is 2.35. The number of amides is 1. The summed E-state index contributed by atoms with van der Waals surface area (Å²) in [6.45, 7) is 1.43. The molecule has 0 aromatic heterocycles. The molecule has 0 unspecified atom stereocenters. The molecule has 0 aromatic carbocycles. The summed E-state index contributed by atoms with van der Waals surface area (Å²) in [5.41, 5.74) is 5.12. The fraction of sp³-hybridized carbons (Fsp3) is 0.400. The van der Waals surface area contributed by atoms with Crippen molar-refractivity contribution in [3.8, 4) is 6.07 Å². The fourth-order valence-electron chi connectivity index (χ4n) is 0.323. The van der Waals surface area contributed by atoms with Crippen LogP contribution in [0.1, 0.15) is 6.92 Å². The highest BCUT2D eigenvalue weighted by Crippen LogP contribution is 2.07. The van der Waals surface area contributed by atoms with Gasteiger partial charge in [0.25, 0.3) is 5.91 Å². The molecule has 0 saturated carbocycles. The Hall–Kier alpha value is -1.02. The number of carbonyl (C=O) groups excluding carboxylic acids is 1. The molecule has 0 aliphatic carbocycles. The van der Waals surface area contributed by atoms with E-state index in [0.717, 1.165) is 0 Å². The lowest BCUT2D eigenvalue weighted by Gasteiger charge is -1.76.